The van der Waals surface area contributed by atoms with Crippen molar-refractivity contribution in [2.75, 3.05) is 0 Å². The molecular weight excluding hydrogens is 516 g/mol. The van der Waals surface area contributed by atoms with Crippen LogP contribution in [0.15, 0.2) is 71.9 Å². The van der Waals surface area contributed by atoms with Crippen molar-refractivity contribution < 1.29 is 14.1 Å². The fraction of sp³-hybridized carbons (Fsp3) is 0.0870. The number of halogens is 3. The molecule has 0 unspecified atom stereocenters. The van der Waals surface area contributed by atoms with Crippen LogP contribution in [-0.2, 0) is 12.3 Å². The first-order valence-electron chi connectivity index (χ1n) is 10.1. The third-order valence-corrected chi connectivity index (χ3v) is 6.43. The van der Waals surface area contributed by atoms with E-state index in [1.165, 1.54) is 48.2 Å². The zero-order chi connectivity index (χ0) is 24.9. The lowest BCUT2D eigenvalue weighted by molar-refractivity contribution is -0.384. The summed E-state index contributed by atoms with van der Waals surface area (Å²) in [5, 5.41) is 23.4. The minimum atomic E-state index is -0.489. The fourth-order valence-electron chi connectivity index (χ4n) is 3.15. The maximum Gasteiger partial charge on any atom is 0.269 e. The summed E-state index contributed by atoms with van der Waals surface area (Å²) in [4.78, 5) is 23.2. The largest absolute Gasteiger partial charge is 0.345 e. The molecule has 0 aliphatic rings. The molecule has 0 radical (unpaired) electrons. The fourth-order valence-corrected chi connectivity index (χ4v) is 4.57. The van der Waals surface area contributed by atoms with E-state index in [-0.39, 0.29) is 28.6 Å². The van der Waals surface area contributed by atoms with E-state index in [1.54, 1.807) is 34.9 Å². The lowest BCUT2D eigenvalue weighted by atomic mass is 10.2. The van der Waals surface area contributed by atoms with Crippen molar-refractivity contribution >= 4 is 46.6 Å². The number of aromatic nitrogens is 3. The number of thioether (sulfide) groups is 1. The van der Waals surface area contributed by atoms with Crippen LogP contribution >= 0.6 is 35.0 Å². The van der Waals surface area contributed by atoms with Gasteiger partial charge >= 0.3 is 0 Å². The Bertz CT molecular complexity index is 1380. The van der Waals surface area contributed by atoms with Crippen LogP contribution in [0.1, 0.15) is 21.7 Å². The van der Waals surface area contributed by atoms with Gasteiger partial charge in [-0.05, 0) is 48.0 Å². The Kier molecular flexibility index (Phi) is 7.64. The quantitative estimate of drug-likeness (QED) is 0.174. The van der Waals surface area contributed by atoms with Crippen molar-refractivity contribution in [1.29, 1.82) is 0 Å². The molecule has 12 heteroatoms. The molecule has 0 aliphatic heterocycles. The van der Waals surface area contributed by atoms with Crippen LogP contribution in [0, 0.1) is 15.9 Å². The molecule has 3 aromatic carbocycles. The number of nitro groups is 1. The third-order valence-electron chi connectivity index (χ3n) is 4.88. The zero-order valence-electron chi connectivity index (χ0n) is 17.8. The van der Waals surface area contributed by atoms with Crippen molar-refractivity contribution in [2.45, 2.75) is 17.5 Å². The average molecular weight is 532 g/mol. The molecule has 0 bridgehead atoms. The van der Waals surface area contributed by atoms with Crippen LogP contribution in [0.5, 0.6) is 0 Å². The molecule has 4 aromatic rings. The summed E-state index contributed by atoms with van der Waals surface area (Å²) >= 11 is 13.4. The van der Waals surface area contributed by atoms with Crippen LogP contribution in [0.4, 0.5) is 10.1 Å². The van der Waals surface area contributed by atoms with Gasteiger partial charge < -0.3 is 5.32 Å². The monoisotopic (exact) mass is 531 g/mol. The number of rotatable bonds is 8. The van der Waals surface area contributed by atoms with Crippen molar-refractivity contribution in [3.05, 3.63) is 110 Å². The molecule has 0 fully saturated rings. The molecular formula is C23H16Cl2FN5O3S. The van der Waals surface area contributed by atoms with Crippen LogP contribution in [0.25, 0.3) is 5.69 Å². The van der Waals surface area contributed by atoms with E-state index in [0.717, 1.165) is 5.56 Å². The lowest BCUT2D eigenvalue weighted by Crippen LogP contribution is -2.25. The molecule has 0 aliphatic carbocycles. The number of nitro benzene ring substituents is 1. The van der Waals surface area contributed by atoms with Gasteiger partial charge in [0.05, 0.1) is 22.1 Å². The van der Waals surface area contributed by atoms with E-state index < -0.39 is 10.8 Å². The van der Waals surface area contributed by atoms with E-state index in [0.29, 0.717) is 27.4 Å². The standard InChI is InChI=1S/C23H16Cl2FN5O3S/c24-15-3-10-19(20(25)11-15)22(32)27-12-21-28-29-23(35-13-14-1-4-16(26)5-2-14)30(21)17-6-8-18(9-7-17)31(33)34/h1-11H,12-13H2,(H,27,32). The van der Waals surface area contributed by atoms with Gasteiger partial charge in [-0.25, -0.2) is 4.39 Å². The molecule has 1 aromatic heterocycles. The van der Waals surface area contributed by atoms with E-state index >= 15 is 0 Å². The van der Waals surface area contributed by atoms with Gasteiger partial charge in [0.25, 0.3) is 11.6 Å². The van der Waals surface area contributed by atoms with Gasteiger partial charge in [-0.15, -0.1) is 10.2 Å². The minimum absolute atomic E-state index is 0.0128. The van der Waals surface area contributed by atoms with Gasteiger partial charge in [-0.2, -0.15) is 0 Å². The maximum atomic E-state index is 13.2. The zero-order valence-corrected chi connectivity index (χ0v) is 20.1. The summed E-state index contributed by atoms with van der Waals surface area (Å²) in [5.41, 5.74) is 1.65. The lowest BCUT2D eigenvalue weighted by Gasteiger charge is -2.11. The second kappa shape index (κ2) is 10.9. The van der Waals surface area contributed by atoms with E-state index in [4.69, 9.17) is 23.2 Å². The molecule has 0 saturated carbocycles. The molecule has 8 nitrogen and oxygen atoms in total. The highest BCUT2D eigenvalue weighted by atomic mass is 35.5. The first kappa shape index (κ1) is 24.6. The van der Waals surface area contributed by atoms with Crippen molar-refractivity contribution in [2.24, 2.45) is 0 Å². The minimum Gasteiger partial charge on any atom is -0.345 e. The molecule has 1 N–H and O–H groups in total. The molecule has 0 atom stereocenters. The predicted molar refractivity (Wildman–Crippen MR) is 132 cm³/mol. The topological polar surface area (TPSA) is 103 Å². The number of non-ortho nitro benzene ring substituents is 1. The Balaban J connectivity index is 1.59. The summed E-state index contributed by atoms with van der Waals surface area (Å²) in [7, 11) is 0. The van der Waals surface area contributed by atoms with Crippen molar-refractivity contribution in [3.63, 3.8) is 0 Å². The highest BCUT2D eigenvalue weighted by Crippen LogP contribution is 2.27. The van der Waals surface area contributed by atoms with E-state index in [2.05, 4.69) is 15.5 Å². The molecule has 1 amide bonds. The molecule has 35 heavy (non-hydrogen) atoms. The van der Waals surface area contributed by atoms with Gasteiger partial charge in [0.2, 0.25) is 0 Å². The Labute approximate surface area is 213 Å². The predicted octanol–water partition coefficient (Wildman–Crippen LogP) is 5.84. The van der Waals surface area contributed by atoms with Crippen molar-refractivity contribution in [3.8, 4) is 5.69 Å². The number of carbonyl (C=O) groups is 1. The summed E-state index contributed by atoms with van der Waals surface area (Å²) in [6, 6.07) is 16.5. The van der Waals surface area contributed by atoms with E-state index in [9.17, 15) is 19.3 Å². The number of benzene rings is 3. The second-order valence-electron chi connectivity index (χ2n) is 7.23. The summed E-state index contributed by atoms with van der Waals surface area (Å²) in [5.74, 6) is 0.133. The van der Waals surface area contributed by atoms with Crippen LogP contribution in [-0.4, -0.2) is 25.6 Å². The smallest absolute Gasteiger partial charge is 0.269 e. The number of nitrogens with zero attached hydrogens (tertiary/aromatic N) is 4. The van der Waals surface area contributed by atoms with Gasteiger partial charge in [-0.1, -0.05) is 47.1 Å². The number of nitrogens with one attached hydrogen (secondary N) is 1. The van der Waals surface area contributed by atoms with Gasteiger partial charge in [0.15, 0.2) is 11.0 Å². The second-order valence-corrected chi connectivity index (χ2v) is 9.02. The highest BCUT2D eigenvalue weighted by Gasteiger charge is 2.18. The van der Waals surface area contributed by atoms with Gasteiger partial charge in [0.1, 0.15) is 5.82 Å². The maximum absolute atomic E-state index is 13.2. The average Bonchev–Trinajstić information content (AvgIpc) is 3.25. The number of hydrogen-bond acceptors (Lipinski definition) is 6. The number of hydrogen-bond donors (Lipinski definition) is 1. The number of carbonyl (C=O) groups excluding carboxylic acids is 1. The Morgan fingerprint density at radius 3 is 2.43 bits per heavy atom. The van der Waals surface area contributed by atoms with Gasteiger partial charge in [0, 0.05) is 28.6 Å². The first-order valence-corrected chi connectivity index (χ1v) is 11.9. The molecule has 0 spiro atoms. The summed E-state index contributed by atoms with van der Waals surface area (Å²) in [6.45, 7) is 0.0128. The summed E-state index contributed by atoms with van der Waals surface area (Å²) in [6.07, 6.45) is 0. The van der Waals surface area contributed by atoms with Crippen LogP contribution in [0.2, 0.25) is 10.0 Å². The molecule has 178 valence electrons. The third kappa shape index (κ3) is 5.97. The molecule has 0 saturated heterocycles. The van der Waals surface area contributed by atoms with Gasteiger partial charge in [-0.3, -0.25) is 19.5 Å². The van der Waals surface area contributed by atoms with Crippen LogP contribution < -0.4 is 5.32 Å². The molecule has 1 heterocycles. The highest BCUT2D eigenvalue weighted by molar-refractivity contribution is 7.98. The Hall–Kier alpha value is -3.47. The van der Waals surface area contributed by atoms with Crippen molar-refractivity contribution in [1.82, 2.24) is 20.1 Å². The first-order chi connectivity index (χ1) is 16.8. The number of amides is 1. The van der Waals surface area contributed by atoms with Crippen LogP contribution in [0.3, 0.4) is 0 Å². The Morgan fingerprint density at radius 2 is 1.77 bits per heavy atom. The SMILES string of the molecule is O=C(NCc1nnc(SCc2ccc(F)cc2)n1-c1ccc([N+](=O)[O-])cc1)c1ccc(Cl)cc1Cl. The Morgan fingerprint density at radius 1 is 1.06 bits per heavy atom. The van der Waals surface area contributed by atoms with E-state index in [1.807, 2.05) is 0 Å². The summed E-state index contributed by atoms with van der Waals surface area (Å²) < 4.78 is 14.9. The normalized spacial score (nSPS) is 10.8. The molecule has 4 rings (SSSR count).